The summed E-state index contributed by atoms with van der Waals surface area (Å²) in [4.78, 5) is 28.7. The third-order valence-corrected chi connectivity index (χ3v) is 5.11. The summed E-state index contributed by atoms with van der Waals surface area (Å²) < 4.78 is 0. The fourth-order valence-corrected chi connectivity index (χ4v) is 3.82. The van der Waals surface area contributed by atoms with Crippen LogP contribution in [0, 0.1) is 0 Å². The van der Waals surface area contributed by atoms with E-state index in [0.717, 1.165) is 30.6 Å². The Morgan fingerprint density at radius 2 is 1.85 bits per heavy atom. The van der Waals surface area contributed by atoms with Gasteiger partial charge in [0.05, 0.1) is 6.04 Å². The number of likely N-dealkylation sites (tertiary alicyclic amines) is 1. The van der Waals surface area contributed by atoms with Crippen LogP contribution in [0.5, 0.6) is 0 Å². The van der Waals surface area contributed by atoms with Gasteiger partial charge >= 0.3 is 6.03 Å². The first-order chi connectivity index (χ1) is 12.7. The predicted octanol–water partition coefficient (Wildman–Crippen LogP) is 2.95. The molecular formula is C21H23N3O2. The number of aryl methyl sites for hydroxylation is 1. The van der Waals surface area contributed by atoms with Crippen LogP contribution >= 0.6 is 0 Å². The summed E-state index contributed by atoms with van der Waals surface area (Å²) in [6, 6.07) is 17.8. The maximum Gasteiger partial charge on any atom is 0.322 e. The standard InChI is InChI=1S/C21H23N3O2/c25-20-13-18(15-23(20)14-16-7-2-1-3-8-16)22-21(26)24-12-6-10-17-9-4-5-11-19(17)24/h1-5,7-9,11,18H,6,10,12-15H2,(H,22,26). The van der Waals surface area contributed by atoms with Crippen molar-refractivity contribution in [2.75, 3.05) is 18.0 Å². The first kappa shape index (κ1) is 16.6. The molecule has 1 saturated heterocycles. The number of anilines is 1. The molecule has 0 spiro atoms. The van der Waals surface area contributed by atoms with Gasteiger partial charge in [-0.25, -0.2) is 4.79 Å². The second kappa shape index (κ2) is 7.20. The van der Waals surface area contributed by atoms with E-state index in [1.165, 1.54) is 5.56 Å². The van der Waals surface area contributed by atoms with Crippen LogP contribution in [0.1, 0.15) is 24.0 Å². The van der Waals surface area contributed by atoms with Crippen molar-refractivity contribution in [3.8, 4) is 0 Å². The molecule has 1 unspecified atom stereocenters. The van der Waals surface area contributed by atoms with Gasteiger partial charge in [0.15, 0.2) is 0 Å². The van der Waals surface area contributed by atoms with E-state index >= 15 is 0 Å². The molecule has 1 atom stereocenters. The molecule has 5 heteroatoms. The highest BCUT2D eigenvalue weighted by Gasteiger charge is 2.32. The Morgan fingerprint density at radius 1 is 1.08 bits per heavy atom. The highest BCUT2D eigenvalue weighted by Crippen LogP contribution is 2.27. The molecule has 2 aliphatic rings. The molecule has 1 N–H and O–H groups in total. The second-order valence-electron chi connectivity index (χ2n) is 6.99. The van der Waals surface area contributed by atoms with E-state index in [0.29, 0.717) is 19.5 Å². The topological polar surface area (TPSA) is 52.7 Å². The summed E-state index contributed by atoms with van der Waals surface area (Å²) in [6.07, 6.45) is 2.34. The van der Waals surface area contributed by atoms with Crippen LogP contribution in [-0.4, -0.2) is 36.0 Å². The van der Waals surface area contributed by atoms with Crippen molar-refractivity contribution in [2.24, 2.45) is 0 Å². The van der Waals surface area contributed by atoms with Crippen LogP contribution in [0.15, 0.2) is 54.6 Å². The zero-order valence-electron chi connectivity index (χ0n) is 14.7. The third-order valence-electron chi connectivity index (χ3n) is 5.11. The summed E-state index contributed by atoms with van der Waals surface area (Å²) in [5.74, 6) is 0.0956. The fraction of sp³-hybridized carbons (Fsp3) is 0.333. The molecule has 5 nitrogen and oxygen atoms in total. The van der Waals surface area contributed by atoms with Gasteiger partial charge in [-0.2, -0.15) is 0 Å². The monoisotopic (exact) mass is 349 g/mol. The van der Waals surface area contributed by atoms with E-state index in [-0.39, 0.29) is 18.0 Å². The van der Waals surface area contributed by atoms with E-state index in [1.54, 1.807) is 0 Å². The largest absolute Gasteiger partial charge is 0.336 e. The predicted molar refractivity (Wildman–Crippen MR) is 101 cm³/mol. The van der Waals surface area contributed by atoms with Crippen LogP contribution in [0.3, 0.4) is 0 Å². The van der Waals surface area contributed by atoms with Gasteiger partial charge < -0.3 is 10.2 Å². The molecule has 2 aromatic carbocycles. The Hall–Kier alpha value is -2.82. The molecule has 1 fully saturated rings. The Balaban J connectivity index is 1.39. The lowest BCUT2D eigenvalue weighted by Gasteiger charge is -2.30. The van der Waals surface area contributed by atoms with Gasteiger partial charge in [-0.1, -0.05) is 48.5 Å². The van der Waals surface area contributed by atoms with E-state index < -0.39 is 0 Å². The van der Waals surface area contributed by atoms with Gasteiger partial charge in [0.25, 0.3) is 0 Å². The fourth-order valence-electron chi connectivity index (χ4n) is 3.82. The maximum absolute atomic E-state index is 12.8. The Kier molecular flexibility index (Phi) is 4.61. The molecule has 134 valence electrons. The smallest absolute Gasteiger partial charge is 0.322 e. The molecule has 0 aliphatic carbocycles. The quantitative estimate of drug-likeness (QED) is 0.926. The van der Waals surface area contributed by atoms with E-state index in [1.807, 2.05) is 58.3 Å². The van der Waals surface area contributed by atoms with Gasteiger partial charge in [-0.05, 0) is 30.0 Å². The average molecular weight is 349 g/mol. The highest BCUT2D eigenvalue weighted by atomic mass is 16.2. The summed E-state index contributed by atoms with van der Waals surface area (Å²) >= 11 is 0. The molecule has 0 radical (unpaired) electrons. The Morgan fingerprint density at radius 3 is 2.69 bits per heavy atom. The molecule has 0 aromatic heterocycles. The van der Waals surface area contributed by atoms with E-state index in [2.05, 4.69) is 11.4 Å². The normalized spacial score (nSPS) is 19.4. The molecule has 2 aliphatic heterocycles. The number of benzene rings is 2. The number of nitrogens with one attached hydrogen (secondary N) is 1. The number of hydrogen-bond donors (Lipinski definition) is 1. The molecule has 3 amide bonds. The van der Waals surface area contributed by atoms with Crippen molar-refractivity contribution in [1.82, 2.24) is 10.2 Å². The van der Waals surface area contributed by atoms with Crippen LogP contribution in [-0.2, 0) is 17.8 Å². The summed E-state index contributed by atoms with van der Waals surface area (Å²) in [5, 5.41) is 3.06. The minimum Gasteiger partial charge on any atom is -0.336 e. The number of amides is 3. The maximum atomic E-state index is 12.8. The second-order valence-corrected chi connectivity index (χ2v) is 6.99. The molecular weight excluding hydrogens is 326 g/mol. The first-order valence-corrected chi connectivity index (χ1v) is 9.18. The summed E-state index contributed by atoms with van der Waals surface area (Å²) in [7, 11) is 0. The van der Waals surface area contributed by atoms with Gasteiger partial charge in [0, 0.05) is 31.7 Å². The van der Waals surface area contributed by atoms with Gasteiger partial charge in [0.2, 0.25) is 5.91 Å². The number of urea groups is 1. The van der Waals surface area contributed by atoms with E-state index in [4.69, 9.17) is 0 Å². The summed E-state index contributed by atoms with van der Waals surface area (Å²) in [6.45, 7) is 1.88. The SMILES string of the molecule is O=C1CC(NC(=O)N2CCCc3ccccc32)CN1Cc1ccccc1. The molecule has 26 heavy (non-hydrogen) atoms. The molecule has 0 saturated carbocycles. The average Bonchev–Trinajstić information content (AvgIpc) is 3.01. The lowest BCUT2D eigenvalue weighted by molar-refractivity contribution is -0.128. The zero-order chi connectivity index (χ0) is 17.9. The number of para-hydroxylation sites is 1. The number of rotatable bonds is 3. The first-order valence-electron chi connectivity index (χ1n) is 9.18. The zero-order valence-corrected chi connectivity index (χ0v) is 14.7. The van der Waals surface area contributed by atoms with Crippen molar-refractivity contribution < 1.29 is 9.59 Å². The number of carbonyl (C=O) groups is 2. The number of carbonyl (C=O) groups excluding carboxylic acids is 2. The highest BCUT2D eigenvalue weighted by molar-refractivity contribution is 5.94. The third kappa shape index (κ3) is 3.43. The van der Waals surface area contributed by atoms with Crippen molar-refractivity contribution in [2.45, 2.75) is 31.8 Å². The Bertz CT molecular complexity index is 806. The van der Waals surface area contributed by atoms with Crippen LogP contribution < -0.4 is 10.2 Å². The number of hydrogen-bond acceptors (Lipinski definition) is 2. The number of nitrogens with zero attached hydrogens (tertiary/aromatic N) is 2. The van der Waals surface area contributed by atoms with Gasteiger partial charge in [-0.3, -0.25) is 9.69 Å². The minimum atomic E-state index is -0.132. The van der Waals surface area contributed by atoms with E-state index in [9.17, 15) is 9.59 Å². The van der Waals surface area contributed by atoms with Gasteiger partial charge in [-0.15, -0.1) is 0 Å². The van der Waals surface area contributed by atoms with Crippen molar-refractivity contribution in [3.63, 3.8) is 0 Å². The lowest BCUT2D eigenvalue weighted by atomic mass is 10.0. The minimum absolute atomic E-state index is 0.0956. The van der Waals surface area contributed by atoms with Crippen molar-refractivity contribution >= 4 is 17.6 Å². The molecule has 0 bridgehead atoms. The van der Waals surface area contributed by atoms with Crippen LogP contribution in [0.2, 0.25) is 0 Å². The van der Waals surface area contributed by atoms with Crippen molar-refractivity contribution in [3.05, 3.63) is 65.7 Å². The lowest BCUT2D eigenvalue weighted by Crippen LogP contribution is -2.47. The number of fused-ring (bicyclic) bond motifs is 1. The van der Waals surface area contributed by atoms with Gasteiger partial charge in [0.1, 0.15) is 0 Å². The van der Waals surface area contributed by atoms with Crippen molar-refractivity contribution in [1.29, 1.82) is 0 Å². The Labute approximate surface area is 153 Å². The molecule has 4 rings (SSSR count). The van der Waals surface area contributed by atoms with Crippen LogP contribution in [0.4, 0.5) is 10.5 Å². The van der Waals surface area contributed by atoms with Crippen LogP contribution in [0.25, 0.3) is 0 Å². The summed E-state index contributed by atoms with van der Waals surface area (Å²) in [5.41, 5.74) is 3.31. The molecule has 2 heterocycles. The molecule has 2 aromatic rings.